The summed E-state index contributed by atoms with van der Waals surface area (Å²) in [6.45, 7) is 3.36. The first-order valence-electron chi connectivity index (χ1n) is 12.4. The van der Waals surface area contributed by atoms with Gasteiger partial charge in [0.2, 0.25) is 5.78 Å². The average molecular weight is 557 g/mol. The van der Waals surface area contributed by atoms with Gasteiger partial charge in [-0.05, 0) is 44.5 Å². The van der Waals surface area contributed by atoms with E-state index >= 15 is 0 Å². The number of nitrogens with two attached hydrogens (primary N) is 1. The quantitative estimate of drug-likeness (QED) is 0.165. The van der Waals surface area contributed by atoms with Crippen molar-refractivity contribution >= 4 is 34.9 Å². The van der Waals surface area contributed by atoms with Crippen LogP contribution < -0.4 is 16.0 Å². The number of hydrogen-bond donors (Lipinski definition) is 6. The number of aliphatic hydroxyl groups excluding tert-OH is 2. The molecule has 0 heterocycles. The standard InChI is InChI=1S/C27H32N4O9/c1-6-7-40-26(38)29-14-10-15(30(2)3)12-8-11-9-13-19(31(4)5)22(34)18(25(28)37)24(36)27(13,39)23(35)16(11)21(33)17(12)20(14)32/h6,10-11,13,19,32,34-35,39H,1,7-9H2,2-5H3,(H2,28,37)(H,29,38)/t11-,13-,19-,27-/m0/s1. The lowest BCUT2D eigenvalue weighted by Crippen LogP contribution is -2.63. The molecule has 0 fully saturated rings. The number of ketones is 2. The van der Waals surface area contributed by atoms with Gasteiger partial charge in [-0.15, -0.1) is 0 Å². The van der Waals surface area contributed by atoms with Gasteiger partial charge in [0.05, 0.1) is 17.3 Å². The molecule has 1 aromatic carbocycles. The summed E-state index contributed by atoms with van der Waals surface area (Å²) in [5, 5.41) is 47.5. The van der Waals surface area contributed by atoms with Crippen molar-refractivity contribution in [2.45, 2.75) is 24.5 Å². The number of ether oxygens (including phenoxy) is 1. The number of primary amides is 1. The maximum absolute atomic E-state index is 13.9. The van der Waals surface area contributed by atoms with Crippen LogP contribution in [-0.2, 0) is 20.7 Å². The van der Waals surface area contributed by atoms with Crippen molar-refractivity contribution in [3.05, 3.63) is 52.5 Å². The van der Waals surface area contributed by atoms with Crippen molar-refractivity contribution in [3.63, 3.8) is 0 Å². The molecule has 3 aliphatic rings. The minimum Gasteiger partial charge on any atom is -0.510 e. The van der Waals surface area contributed by atoms with Gasteiger partial charge in [0, 0.05) is 31.3 Å². The van der Waals surface area contributed by atoms with Crippen LogP contribution in [-0.4, -0.2) is 95.3 Å². The summed E-state index contributed by atoms with van der Waals surface area (Å²) in [5.74, 6) is -7.53. The van der Waals surface area contributed by atoms with E-state index in [9.17, 15) is 39.6 Å². The molecule has 4 rings (SSSR count). The van der Waals surface area contributed by atoms with E-state index in [2.05, 4.69) is 11.9 Å². The number of benzene rings is 1. The van der Waals surface area contributed by atoms with Crippen LogP contribution in [0.4, 0.5) is 16.2 Å². The Bertz CT molecular complexity index is 1410. The van der Waals surface area contributed by atoms with Crippen LogP contribution in [0.25, 0.3) is 0 Å². The zero-order valence-corrected chi connectivity index (χ0v) is 22.5. The molecule has 0 aromatic heterocycles. The average Bonchev–Trinajstić information content (AvgIpc) is 2.85. The van der Waals surface area contributed by atoms with Crippen molar-refractivity contribution < 1.29 is 44.3 Å². The number of phenols is 1. The Morgan fingerprint density at radius 3 is 2.42 bits per heavy atom. The number of nitrogens with one attached hydrogen (secondary N) is 1. The fourth-order valence-electron chi connectivity index (χ4n) is 6.07. The maximum atomic E-state index is 13.9. The highest BCUT2D eigenvalue weighted by molar-refractivity contribution is 6.25. The lowest BCUT2D eigenvalue weighted by Gasteiger charge is -2.50. The van der Waals surface area contributed by atoms with Gasteiger partial charge in [0.1, 0.15) is 23.7 Å². The monoisotopic (exact) mass is 556 g/mol. The molecule has 0 saturated carbocycles. The Labute approximate surface area is 229 Å². The topological polar surface area (TPSA) is 203 Å². The highest BCUT2D eigenvalue weighted by Crippen LogP contribution is 2.53. The van der Waals surface area contributed by atoms with Gasteiger partial charge in [-0.3, -0.25) is 24.6 Å². The van der Waals surface area contributed by atoms with Crippen LogP contribution in [0, 0.1) is 11.8 Å². The largest absolute Gasteiger partial charge is 0.510 e. The first kappa shape index (κ1) is 28.6. The fraction of sp³-hybridized carbons (Fsp3) is 0.407. The van der Waals surface area contributed by atoms with E-state index in [0.717, 1.165) is 0 Å². The van der Waals surface area contributed by atoms with E-state index < -0.39 is 69.9 Å². The first-order chi connectivity index (χ1) is 18.7. The molecule has 0 aliphatic heterocycles. The lowest BCUT2D eigenvalue weighted by molar-refractivity contribution is -0.148. The number of Topliss-reactive ketones (excluding diaryl/α,β-unsaturated/α-hetero) is 2. The van der Waals surface area contributed by atoms with Crippen LogP contribution in [0.5, 0.6) is 5.75 Å². The van der Waals surface area contributed by atoms with Crippen LogP contribution in [0.15, 0.2) is 41.4 Å². The van der Waals surface area contributed by atoms with Crippen molar-refractivity contribution in [3.8, 4) is 5.75 Å². The van der Waals surface area contributed by atoms with Gasteiger partial charge in [-0.1, -0.05) is 12.7 Å². The molecular weight excluding hydrogens is 524 g/mol. The van der Waals surface area contributed by atoms with Crippen molar-refractivity contribution in [2.24, 2.45) is 17.6 Å². The first-order valence-corrected chi connectivity index (χ1v) is 12.4. The number of fused-ring (bicyclic) bond motifs is 3. The summed E-state index contributed by atoms with van der Waals surface area (Å²) >= 11 is 0. The summed E-state index contributed by atoms with van der Waals surface area (Å²) < 4.78 is 4.91. The molecule has 0 spiro atoms. The Balaban J connectivity index is 1.92. The number of amides is 2. The molecule has 3 aliphatic carbocycles. The number of allylic oxidation sites excluding steroid dienone is 1. The van der Waals surface area contributed by atoms with Gasteiger partial charge < -0.3 is 35.8 Å². The van der Waals surface area contributed by atoms with E-state index in [1.54, 1.807) is 33.1 Å². The van der Waals surface area contributed by atoms with E-state index in [1.165, 1.54) is 17.0 Å². The smallest absolute Gasteiger partial charge is 0.412 e. The lowest BCUT2D eigenvalue weighted by atomic mass is 9.58. The number of anilines is 2. The molecule has 13 nitrogen and oxygen atoms in total. The summed E-state index contributed by atoms with van der Waals surface area (Å²) in [5.41, 5.74) is 1.97. The summed E-state index contributed by atoms with van der Waals surface area (Å²) in [7, 11) is 6.53. The molecule has 0 bridgehead atoms. The second-order valence-corrected chi connectivity index (χ2v) is 10.5. The van der Waals surface area contributed by atoms with Crippen LogP contribution >= 0.6 is 0 Å². The van der Waals surface area contributed by atoms with Crippen molar-refractivity contribution in [1.29, 1.82) is 0 Å². The van der Waals surface area contributed by atoms with E-state index in [1.807, 2.05) is 0 Å². The number of carbonyl (C=O) groups excluding carboxylic acids is 4. The van der Waals surface area contributed by atoms with Crippen molar-refractivity contribution in [2.75, 3.05) is 45.0 Å². The van der Waals surface area contributed by atoms with Crippen LogP contribution in [0.3, 0.4) is 0 Å². The fourth-order valence-corrected chi connectivity index (χ4v) is 6.07. The predicted octanol–water partition coefficient (Wildman–Crippen LogP) is 0.921. The van der Waals surface area contributed by atoms with Gasteiger partial charge in [-0.2, -0.15) is 0 Å². The Morgan fingerprint density at radius 1 is 1.23 bits per heavy atom. The summed E-state index contributed by atoms with van der Waals surface area (Å²) in [4.78, 5) is 54.8. The number of carbonyl (C=O) groups is 4. The second kappa shape index (κ2) is 9.99. The van der Waals surface area contributed by atoms with Gasteiger partial charge in [0.15, 0.2) is 17.1 Å². The summed E-state index contributed by atoms with van der Waals surface area (Å²) in [6, 6.07) is 0.394. The summed E-state index contributed by atoms with van der Waals surface area (Å²) in [6.07, 6.45) is 0.513. The van der Waals surface area contributed by atoms with Gasteiger partial charge in [-0.25, -0.2) is 4.79 Å². The Kier molecular flexibility index (Phi) is 7.15. The molecule has 214 valence electrons. The molecule has 0 radical (unpaired) electrons. The number of aromatic hydroxyl groups is 1. The third-order valence-electron chi connectivity index (χ3n) is 7.75. The Morgan fingerprint density at radius 2 is 1.88 bits per heavy atom. The highest BCUT2D eigenvalue weighted by Gasteiger charge is 2.63. The molecule has 40 heavy (non-hydrogen) atoms. The molecular formula is C27H32N4O9. The molecule has 2 amide bonds. The number of aliphatic hydroxyl groups is 3. The number of phenolic OH excluding ortho intramolecular Hbond substituents is 1. The normalized spacial score (nSPS) is 25.7. The third-order valence-corrected chi connectivity index (χ3v) is 7.75. The van der Waals surface area contributed by atoms with Crippen LogP contribution in [0.2, 0.25) is 0 Å². The molecule has 0 saturated heterocycles. The molecule has 13 heteroatoms. The Hall–Kier alpha value is -4.36. The van der Waals surface area contributed by atoms with Gasteiger partial charge in [0.25, 0.3) is 5.91 Å². The second-order valence-electron chi connectivity index (χ2n) is 10.5. The van der Waals surface area contributed by atoms with E-state index in [0.29, 0.717) is 11.3 Å². The number of rotatable bonds is 6. The third kappa shape index (κ3) is 4.09. The van der Waals surface area contributed by atoms with E-state index in [-0.39, 0.29) is 36.3 Å². The highest BCUT2D eigenvalue weighted by atomic mass is 16.5. The van der Waals surface area contributed by atoms with Gasteiger partial charge >= 0.3 is 6.09 Å². The molecule has 0 unspecified atom stereocenters. The molecule has 1 aromatic rings. The molecule has 7 N–H and O–H groups in total. The zero-order valence-electron chi connectivity index (χ0n) is 22.5. The number of nitrogens with zero attached hydrogens (tertiary/aromatic N) is 2. The predicted molar refractivity (Wildman–Crippen MR) is 143 cm³/mol. The number of hydrogen-bond acceptors (Lipinski definition) is 11. The number of likely N-dealkylation sites (N-methyl/N-ethyl adjacent to an activating group) is 1. The SMILES string of the molecule is C=CCOC(=O)Nc1cc(N(C)C)c2c(c1O)C(=O)C1=C(O)[C@]3(O)C(=O)C(C(N)=O)=C(O)[C@@H](N(C)C)[C@@H]3C[C@@H]1C2. The van der Waals surface area contributed by atoms with E-state index in [4.69, 9.17) is 10.5 Å². The van der Waals surface area contributed by atoms with Crippen molar-refractivity contribution in [1.82, 2.24) is 4.90 Å². The zero-order chi connectivity index (χ0) is 29.8. The minimum atomic E-state index is -2.74. The maximum Gasteiger partial charge on any atom is 0.412 e. The molecule has 4 atom stereocenters. The van der Waals surface area contributed by atoms with Crippen LogP contribution in [0.1, 0.15) is 22.3 Å². The minimum absolute atomic E-state index is 0.0345.